The van der Waals surface area contributed by atoms with Gasteiger partial charge in [-0.25, -0.2) is 8.42 Å². The summed E-state index contributed by atoms with van der Waals surface area (Å²) in [7, 11) is -3.68. The minimum atomic E-state index is -3.68. The van der Waals surface area contributed by atoms with E-state index in [1.54, 1.807) is 10.4 Å². The maximum absolute atomic E-state index is 14.1. The minimum Gasteiger partial charge on any atom is -0.300 e. The monoisotopic (exact) mass is 502 g/mol. The van der Waals surface area contributed by atoms with E-state index in [4.69, 9.17) is 0 Å². The summed E-state index contributed by atoms with van der Waals surface area (Å²) in [5.41, 5.74) is 4.14. The number of hydrogen-bond acceptors (Lipinski definition) is 3. The third-order valence-corrected chi connectivity index (χ3v) is 10.2. The molecule has 5 rings (SSSR count). The zero-order valence-electron chi connectivity index (χ0n) is 21.5. The Morgan fingerprint density at radius 2 is 1.39 bits per heavy atom. The van der Waals surface area contributed by atoms with Gasteiger partial charge >= 0.3 is 0 Å². The van der Waals surface area contributed by atoms with Gasteiger partial charge in [-0.15, -0.1) is 0 Å². The molecule has 0 aromatic heterocycles. The van der Waals surface area contributed by atoms with Crippen LogP contribution in [0.3, 0.4) is 0 Å². The van der Waals surface area contributed by atoms with Crippen molar-refractivity contribution < 1.29 is 8.42 Å². The molecule has 1 saturated heterocycles. The predicted octanol–water partition coefficient (Wildman–Crippen LogP) is 6.69. The lowest BCUT2D eigenvalue weighted by molar-refractivity contribution is 0.107. The quantitative estimate of drug-likeness (QED) is 0.377. The summed E-state index contributed by atoms with van der Waals surface area (Å²) in [5.74, 6) is 0.570. The van der Waals surface area contributed by atoms with Crippen molar-refractivity contribution in [3.63, 3.8) is 0 Å². The highest BCUT2D eigenvalue weighted by Gasteiger charge is 2.38. The summed E-state index contributed by atoms with van der Waals surface area (Å²) in [5, 5.41) is 0. The summed E-state index contributed by atoms with van der Waals surface area (Å²) < 4.78 is 29.9. The number of aryl methyl sites for hydroxylation is 2. The molecule has 0 N–H and O–H groups in total. The topological polar surface area (TPSA) is 40.6 Å². The number of sulfonamides is 1. The molecule has 2 fully saturated rings. The summed E-state index contributed by atoms with van der Waals surface area (Å²) in [4.78, 5) is 3.06. The molecule has 1 aliphatic heterocycles. The Morgan fingerprint density at radius 3 is 2.08 bits per heavy atom. The summed E-state index contributed by atoms with van der Waals surface area (Å²) >= 11 is 0. The second-order valence-corrected chi connectivity index (χ2v) is 12.3. The fourth-order valence-corrected chi connectivity index (χ4v) is 8.22. The number of anilines is 1. The fourth-order valence-electron chi connectivity index (χ4n) is 6.28. The van der Waals surface area contributed by atoms with Crippen LogP contribution in [0.5, 0.6) is 0 Å². The van der Waals surface area contributed by atoms with Crippen molar-refractivity contribution in [1.82, 2.24) is 4.90 Å². The smallest absolute Gasteiger partial charge is 0.264 e. The van der Waals surface area contributed by atoms with Gasteiger partial charge < -0.3 is 0 Å². The van der Waals surface area contributed by atoms with Gasteiger partial charge in [0, 0.05) is 25.2 Å². The van der Waals surface area contributed by atoms with Gasteiger partial charge in [0.25, 0.3) is 10.0 Å². The standard InChI is InChI=1S/C31H38N2O2S/c1-24-16-18-27(19-17-24)33(36(34,35)31-15-9-6-10-25(31)2)28-20-22-32(23-21-28)30-14-8-7-13-29(30)26-11-4-3-5-12-26/h3-6,9-12,15-19,28-30H,7-8,13-14,20-23H2,1-2H3. The molecule has 3 aromatic carbocycles. The first-order valence-electron chi connectivity index (χ1n) is 13.4. The molecular weight excluding hydrogens is 464 g/mol. The predicted molar refractivity (Wildman–Crippen MR) is 148 cm³/mol. The molecule has 190 valence electrons. The van der Waals surface area contributed by atoms with Crippen molar-refractivity contribution in [2.45, 2.75) is 75.3 Å². The van der Waals surface area contributed by atoms with E-state index in [9.17, 15) is 8.42 Å². The van der Waals surface area contributed by atoms with Gasteiger partial charge in [0.05, 0.1) is 10.6 Å². The van der Waals surface area contributed by atoms with Crippen LogP contribution in [-0.2, 0) is 10.0 Å². The first-order valence-corrected chi connectivity index (χ1v) is 14.8. The van der Waals surface area contributed by atoms with Crippen molar-refractivity contribution in [3.8, 4) is 0 Å². The first-order chi connectivity index (χ1) is 17.4. The van der Waals surface area contributed by atoms with E-state index >= 15 is 0 Å². The van der Waals surface area contributed by atoms with Crippen LogP contribution in [0.1, 0.15) is 61.1 Å². The van der Waals surface area contributed by atoms with Gasteiger partial charge in [0.15, 0.2) is 0 Å². The molecule has 2 unspecified atom stereocenters. The van der Waals surface area contributed by atoms with E-state index in [-0.39, 0.29) is 6.04 Å². The molecule has 4 nitrogen and oxygen atoms in total. The average molecular weight is 503 g/mol. The molecule has 36 heavy (non-hydrogen) atoms. The van der Waals surface area contributed by atoms with Crippen LogP contribution in [0.4, 0.5) is 5.69 Å². The van der Waals surface area contributed by atoms with E-state index in [2.05, 4.69) is 35.2 Å². The normalized spacial score (nSPS) is 21.8. The highest BCUT2D eigenvalue weighted by atomic mass is 32.2. The molecule has 3 aromatic rings. The van der Waals surface area contributed by atoms with Gasteiger partial charge in [-0.1, -0.05) is 79.1 Å². The van der Waals surface area contributed by atoms with Gasteiger partial charge in [-0.3, -0.25) is 9.21 Å². The average Bonchev–Trinajstić information content (AvgIpc) is 2.91. The van der Waals surface area contributed by atoms with Crippen molar-refractivity contribution in [3.05, 3.63) is 95.6 Å². The van der Waals surface area contributed by atoms with Crippen molar-refractivity contribution in [2.24, 2.45) is 0 Å². The van der Waals surface area contributed by atoms with Crippen molar-refractivity contribution >= 4 is 15.7 Å². The largest absolute Gasteiger partial charge is 0.300 e. The van der Waals surface area contributed by atoms with Gasteiger partial charge in [0.1, 0.15) is 0 Å². The fraction of sp³-hybridized carbons (Fsp3) is 0.419. The van der Waals surface area contributed by atoms with Crippen molar-refractivity contribution in [2.75, 3.05) is 17.4 Å². The number of piperidine rings is 1. The van der Waals surface area contributed by atoms with E-state index in [0.29, 0.717) is 16.9 Å². The Kier molecular flexibility index (Phi) is 7.49. The summed E-state index contributed by atoms with van der Waals surface area (Å²) in [6.07, 6.45) is 6.74. The molecule has 1 saturated carbocycles. The maximum atomic E-state index is 14.1. The molecule has 1 aliphatic carbocycles. The Morgan fingerprint density at radius 1 is 0.750 bits per heavy atom. The van der Waals surface area contributed by atoms with E-state index < -0.39 is 10.0 Å². The van der Waals surface area contributed by atoms with Crippen LogP contribution in [0.15, 0.2) is 83.8 Å². The number of benzene rings is 3. The molecule has 0 spiro atoms. The molecule has 2 aliphatic rings. The highest BCUT2D eigenvalue weighted by Crippen LogP contribution is 2.39. The second kappa shape index (κ2) is 10.8. The minimum absolute atomic E-state index is 0.0488. The Balaban J connectivity index is 1.40. The summed E-state index contributed by atoms with van der Waals surface area (Å²) in [6.45, 7) is 5.79. The highest BCUT2D eigenvalue weighted by molar-refractivity contribution is 7.93. The number of likely N-dealkylation sites (tertiary alicyclic amines) is 1. The molecule has 5 heteroatoms. The molecule has 0 radical (unpaired) electrons. The lowest BCUT2D eigenvalue weighted by Crippen LogP contribution is -2.51. The Bertz CT molecular complexity index is 1250. The Hall–Kier alpha value is -2.63. The van der Waals surface area contributed by atoms with Crippen LogP contribution in [-0.4, -0.2) is 38.5 Å². The van der Waals surface area contributed by atoms with Crippen LogP contribution in [0.2, 0.25) is 0 Å². The molecular formula is C31H38N2O2S. The van der Waals surface area contributed by atoms with Crippen molar-refractivity contribution in [1.29, 1.82) is 0 Å². The lowest BCUT2D eigenvalue weighted by Gasteiger charge is -2.45. The van der Waals surface area contributed by atoms with Crippen LogP contribution in [0, 0.1) is 13.8 Å². The molecule has 0 amide bonds. The van der Waals surface area contributed by atoms with Gasteiger partial charge in [-0.05, 0) is 74.8 Å². The van der Waals surface area contributed by atoms with Gasteiger partial charge in [0.2, 0.25) is 0 Å². The zero-order valence-corrected chi connectivity index (χ0v) is 22.3. The molecule has 0 bridgehead atoms. The first kappa shape index (κ1) is 25.0. The molecule has 2 atom stereocenters. The molecule has 1 heterocycles. The zero-order chi connectivity index (χ0) is 25.1. The number of hydrogen-bond donors (Lipinski definition) is 0. The van der Waals surface area contributed by atoms with E-state index in [1.165, 1.54) is 31.2 Å². The third kappa shape index (κ3) is 5.09. The SMILES string of the molecule is Cc1ccc(N(C2CCN(C3CCCCC3c3ccccc3)CC2)S(=O)(=O)c2ccccc2C)cc1. The summed E-state index contributed by atoms with van der Waals surface area (Å²) in [6, 6.07) is 26.8. The van der Waals surface area contributed by atoms with E-state index in [1.807, 2.05) is 56.3 Å². The Labute approximate surface area is 217 Å². The maximum Gasteiger partial charge on any atom is 0.264 e. The third-order valence-electron chi connectivity index (χ3n) is 8.18. The van der Waals surface area contributed by atoms with Crippen LogP contribution in [0.25, 0.3) is 0 Å². The van der Waals surface area contributed by atoms with Crippen LogP contribution < -0.4 is 4.31 Å². The second-order valence-electron chi connectivity index (χ2n) is 10.5. The van der Waals surface area contributed by atoms with Gasteiger partial charge in [-0.2, -0.15) is 0 Å². The number of nitrogens with zero attached hydrogens (tertiary/aromatic N) is 2. The van der Waals surface area contributed by atoms with Crippen LogP contribution >= 0.6 is 0 Å². The van der Waals surface area contributed by atoms with E-state index in [0.717, 1.165) is 42.7 Å². The number of rotatable bonds is 6. The lowest BCUT2D eigenvalue weighted by atomic mass is 9.78.